The average molecular weight is 207 g/mol. The summed E-state index contributed by atoms with van der Waals surface area (Å²) in [7, 11) is 1.98. The molecular formula is C13H18FN. The Morgan fingerprint density at radius 2 is 2.07 bits per heavy atom. The van der Waals surface area contributed by atoms with Crippen molar-refractivity contribution in [1.29, 1.82) is 0 Å². The summed E-state index contributed by atoms with van der Waals surface area (Å²) in [6, 6.07) is 7.00. The van der Waals surface area contributed by atoms with Crippen LogP contribution < -0.4 is 5.32 Å². The van der Waals surface area contributed by atoms with Crippen LogP contribution in [-0.4, -0.2) is 13.6 Å². The van der Waals surface area contributed by atoms with Gasteiger partial charge in [0.2, 0.25) is 0 Å². The zero-order valence-electron chi connectivity index (χ0n) is 9.39. The highest BCUT2D eigenvalue weighted by molar-refractivity contribution is 5.34. The molecule has 2 atom stereocenters. The minimum atomic E-state index is -0.146. The Morgan fingerprint density at radius 1 is 1.40 bits per heavy atom. The van der Waals surface area contributed by atoms with E-state index in [9.17, 15) is 4.39 Å². The normalized spacial score (nSPS) is 29.1. The molecule has 2 rings (SSSR count). The quantitative estimate of drug-likeness (QED) is 0.800. The molecule has 0 amide bonds. The van der Waals surface area contributed by atoms with Crippen molar-refractivity contribution in [2.24, 2.45) is 5.92 Å². The third-order valence-electron chi connectivity index (χ3n) is 3.64. The van der Waals surface area contributed by atoms with Crippen molar-refractivity contribution < 1.29 is 4.39 Å². The number of rotatable bonds is 4. The Kier molecular flexibility index (Phi) is 2.79. The largest absolute Gasteiger partial charge is 0.319 e. The molecule has 1 aliphatic carbocycles. The topological polar surface area (TPSA) is 12.0 Å². The molecule has 2 unspecified atom stereocenters. The van der Waals surface area contributed by atoms with Gasteiger partial charge in [-0.05, 0) is 37.1 Å². The number of benzene rings is 1. The molecule has 2 heteroatoms. The second-order valence-electron chi connectivity index (χ2n) is 4.50. The van der Waals surface area contributed by atoms with Gasteiger partial charge in [0, 0.05) is 12.0 Å². The Hall–Kier alpha value is -0.890. The molecule has 1 nitrogen and oxygen atoms in total. The molecule has 1 aliphatic rings. The first kappa shape index (κ1) is 10.6. The van der Waals surface area contributed by atoms with E-state index in [0.717, 1.165) is 12.5 Å². The van der Waals surface area contributed by atoms with E-state index in [1.807, 2.05) is 19.2 Å². The number of halogens is 1. The molecule has 0 spiro atoms. The molecule has 1 N–H and O–H groups in total. The summed E-state index contributed by atoms with van der Waals surface area (Å²) in [4.78, 5) is 0. The van der Waals surface area contributed by atoms with E-state index in [1.165, 1.54) is 18.4 Å². The van der Waals surface area contributed by atoms with Gasteiger partial charge in [-0.1, -0.05) is 25.5 Å². The van der Waals surface area contributed by atoms with Crippen molar-refractivity contribution in [1.82, 2.24) is 5.32 Å². The van der Waals surface area contributed by atoms with Gasteiger partial charge in [0.05, 0.1) is 0 Å². The summed E-state index contributed by atoms with van der Waals surface area (Å²) < 4.78 is 12.8. The molecule has 1 saturated carbocycles. The minimum absolute atomic E-state index is 0.146. The Labute approximate surface area is 90.7 Å². The molecule has 15 heavy (non-hydrogen) atoms. The third-order valence-corrected chi connectivity index (χ3v) is 3.64. The van der Waals surface area contributed by atoms with E-state index in [-0.39, 0.29) is 11.2 Å². The molecule has 0 radical (unpaired) electrons. The summed E-state index contributed by atoms with van der Waals surface area (Å²) in [5.41, 5.74) is 1.56. The monoisotopic (exact) mass is 207 g/mol. The fourth-order valence-electron chi connectivity index (χ4n) is 2.69. The van der Waals surface area contributed by atoms with Crippen LogP contribution in [0.4, 0.5) is 4.39 Å². The maximum atomic E-state index is 12.8. The average Bonchev–Trinajstić information content (AvgIpc) is 2.94. The van der Waals surface area contributed by atoms with Gasteiger partial charge >= 0.3 is 0 Å². The predicted octanol–water partition coefficient (Wildman–Crippen LogP) is 2.71. The van der Waals surface area contributed by atoms with E-state index in [4.69, 9.17) is 0 Å². The summed E-state index contributed by atoms with van der Waals surface area (Å²) in [6.45, 7) is 3.22. The van der Waals surface area contributed by atoms with Gasteiger partial charge in [-0.25, -0.2) is 4.39 Å². The lowest BCUT2D eigenvalue weighted by Crippen LogP contribution is -2.25. The summed E-state index contributed by atoms with van der Waals surface area (Å²) >= 11 is 0. The lowest BCUT2D eigenvalue weighted by atomic mass is 9.92. The molecule has 82 valence electrons. The molecule has 0 saturated heterocycles. The van der Waals surface area contributed by atoms with Gasteiger partial charge in [0.15, 0.2) is 0 Å². The van der Waals surface area contributed by atoms with Crippen molar-refractivity contribution in [3.05, 3.63) is 35.6 Å². The van der Waals surface area contributed by atoms with Crippen LogP contribution in [0.5, 0.6) is 0 Å². The van der Waals surface area contributed by atoms with E-state index in [2.05, 4.69) is 12.2 Å². The van der Waals surface area contributed by atoms with Gasteiger partial charge in [-0.3, -0.25) is 0 Å². The number of nitrogens with one attached hydrogen (secondary N) is 1. The highest BCUT2D eigenvalue weighted by Gasteiger charge is 2.53. The van der Waals surface area contributed by atoms with Gasteiger partial charge < -0.3 is 5.32 Å². The Balaban J connectivity index is 2.23. The highest BCUT2D eigenvalue weighted by atomic mass is 19.1. The highest BCUT2D eigenvalue weighted by Crippen LogP contribution is 2.55. The van der Waals surface area contributed by atoms with Crippen LogP contribution in [-0.2, 0) is 5.41 Å². The SMILES string of the molecule is CCC1CC1(CNC)c1ccc(F)cc1. The van der Waals surface area contributed by atoms with Crippen molar-refractivity contribution >= 4 is 0 Å². The van der Waals surface area contributed by atoms with Gasteiger partial charge in [0.25, 0.3) is 0 Å². The smallest absolute Gasteiger partial charge is 0.123 e. The summed E-state index contributed by atoms with van der Waals surface area (Å²) in [5.74, 6) is 0.613. The van der Waals surface area contributed by atoms with Gasteiger partial charge in [-0.15, -0.1) is 0 Å². The third kappa shape index (κ3) is 1.78. The molecule has 1 aromatic carbocycles. The van der Waals surface area contributed by atoms with Crippen LogP contribution in [0.1, 0.15) is 25.3 Å². The number of hydrogen-bond donors (Lipinski definition) is 1. The maximum absolute atomic E-state index is 12.8. The van der Waals surface area contributed by atoms with Crippen LogP contribution in [0.3, 0.4) is 0 Å². The van der Waals surface area contributed by atoms with Crippen LogP contribution in [0.15, 0.2) is 24.3 Å². The van der Waals surface area contributed by atoms with Gasteiger partial charge in [-0.2, -0.15) is 0 Å². The van der Waals surface area contributed by atoms with Crippen molar-refractivity contribution in [3.8, 4) is 0 Å². The number of hydrogen-bond acceptors (Lipinski definition) is 1. The standard InChI is InChI=1S/C13H18FN/c1-3-10-8-13(10,9-15-2)11-4-6-12(14)7-5-11/h4-7,10,15H,3,8-9H2,1-2H3. The minimum Gasteiger partial charge on any atom is -0.319 e. The van der Waals surface area contributed by atoms with Crippen molar-refractivity contribution in [3.63, 3.8) is 0 Å². The van der Waals surface area contributed by atoms with Crippen molar-refractivity contribution in [2.75, 3.05) is 13.6 Å². The van der Waals surface area contributed by atoms with E-state index >= 15 is 0 Å². The summed E-state index contributed by atoms with van der Waals surface area (Å²) in [5, 5.41) is 3.25. The first-order valence-corrected chi connectivity index (χ1v) is 5.63. The maximum Gasteiger partial charge on any atom is 0.123 e. The van der Waals surface area contributed by atoms with E-state index < -0.39 is 0 Å². The lowest BCUT2D eigenvalue weighted by molar-refractivity contribution is 0.551. The lowest BCUT2D eigenvalue weighted by Gasteiger charge is -2.17. The van der Waals surface area contributed by atoms with Crippen LogP contribution in [0.25, 0.3) is 0 Å². The summed E-state index contributed by atoms with van der Waals surface area (Å²) in [6.07, 6.45) is 2.44. The first-order chi connectivity index (χ1) is 7.23. The van der Waals surface area contributed by atoms with Crippen LogP contribution in [0.2, 0.25) is 0 Å². The van der Waals surface area contributed by atoms with Crippen LogP contribution in [0, 0.1) is 11.7 Å². The zero-order chi connectivity index (χ0) is 10.9. The fraction of sp³-hybridized carbons (Fsp3) is 0.538. The van der Waals surface area contributed by atoms with Crippen molar-refractivity contribution in [2.45, 2.75) is 25.2 Å². The molecule has 1 aromatic rings. The molecule has 0 heterocycles. The second-order valence-corrected chi connectivity index (χ2v) is 4.50. The Morgan fingerprint density at radius 3 is 2.53 bits per heavy atom. The first-order valence-electron chi connectivity index (χ1n) is 5.63. The molecule has 1 fully saturated rings. The zero-order valence-corrected chi connectivity index (χ0v) is 9.39. The van der Waals surface area contributed by atoms with Gasteiger partial charge in [0.1, 0.15) is 5.82 Å². The molecule has 0 bridgehead atoms. The molecule has 0 aliphatic heterocycles. The van der Waals surface area contributed by atoms with E-state index in [1.54, 1.807) is 12.1 Å². The number of likely N-dealkylation sites (N-methyl/N-ethyl adjacent to an activating group) is 1. The van der Waals surface area contributed by atoms with E-state index in [0.29, 0.717) is 0 Å². The second kappa shape index (κ2) is 3.93. The Bertz CT molecular complexity index is 333. The predicted molar refractivity (Wildman–Crippen MR) is 60.4 cm³/mol. The van der Waals surface area contributed by atoms with Crippen LogP contribution >= 0.6 is 0 Å². The fourth-order valence-corrected chi connectivity index (χ4v) is 2.69. The molecule has 0 aromatic heterocycles. The molecular weight excluding hydrogens is 189 g/mol.